The van der Waals surface area contributed by atoms with Crippen LogP contribution >= 0.6 is 0 Å². The fourth-order valence-corrected chi connectivity index (χ4v) is 6.84. The number of ether oxygens (including phenoxy) is 1. The number of nitrogens with zero attached hydrogens (tertiary/aromatic N) is 2. The summed E-state index contributed by atoms with van der Waals surface area (Å²) in [5.74, 6) is -0.0336. The van der Waals surface area contributed by atoms with Gasteiger partial charge in [-0.25, -0.2) is 8.42 Å². The van der Waals surface area contributed by atoms with Gasteiger partial charge < -0.3 is 15.0 Å². The molecule has 1 aliphatic carbocycles. The van der Waals surface area contributed by atoms with E-state index in [1.165, 1.54) is 21.3 Å². The van der Waals surface area contributed by atoms with Crippen LogP contribution in [-0.4, -0.2) is 50.9 Å². The summed E-state index contributed by atoms with van der Waals surface area (Å²) in [7, 11) is -2.52. The highest BCUT2D eigenvalue weighted by Gasteiger charge is 2.33. The van der Waals surface area contributed by atoms with E-state index in [2.05, 4.69) is 5.32 Å². The van der Waals surface area contributed by atoms with Gasteiger partial charge in [-0.2, -0.15) is 0 Å². The van der Waals surface area contributed by atoms with E-state index in [0.717, 1.165) is 43.2 Å². The Labute approximate surface area is 249 Å². The number of hydrogen-bond acceptors (Lipinski definition) is 5. The molecule has 1 saturated carbocycles. The summed E-state index contributed by atoms with van der Waals surface area (Å²) < 4.78 is 34.5. The molecule has 1 atom stereocenters. The molecule has 0 spiro atoms. The van der Waals surface area contributed by atoms with Crippen LogP contribution in [0.4, 0.5) is 5.69 Å². The molecule has 0 aliphatic heterocycles. The van der Waals surface area contributed by atoms with Crippen LogP contribution in [0.2, 0.25) is 0 Å². The number of carbonyl (C=O) groups excluding carboxylic acids is 2. The predicted molar refractivity (Wildman–Crippen MR) is 165 cm³/mol. The molecule has 0 aromatic heterocycles. The molecule has 9 heteroatoms. The Morgan fingerprint density at radius 3 is 2.21 bits per heavy atom. The molecule has 4 rings (SSSR count). The number of anilines is 1. The summed E-state index contributed by atoms with van der Waals surface area (Å²) in [4.78, 5) is 29.2. The molecule has 0 heterocycles. The maximum atomic E-state index is 14.2. The molecule has 2 amide bonds. The molecule has 0 unspecified atom stereocenters. The molecule has 0 bridgehead atoms. The van der Waals surface area contributed by atoms with Crippen molar-refractivity contribution in [1.29, 1.82) is 0 Å². The van der Waals surface area contributed by atoms with Gasteiger partial charge in [0.2, 0.25) is 11.8 Å². The third kappa shape index (κ3) is 7.50. The van der Waals surface area contributed by atoms with Gasteiger partial charge in [-0.05, 0) is 67.6 Å². The van der Waals surface area contributed by atoms with Crippen molar-refractivity contribution in [3.63, 3.8) is 0 Å². The molecule has 3 aromatic carbocycles. The van der Waals surface area contributed by atoms with Crippen LogP contribution in [0, 0.1) is 0 Å². The van der Waals surface area contributed by atoms with Crippen LogP contribution < -0.4 is 14.4 Å². The number of sulfonamides is 1. The molecule has 8 nitrogen and oxygen atoms in total. The van der Waals surface area contributed by atoms with Gasteiger partial charge in [0.15, 0.2) is 0 Å². The van der Waals surface area contributed by atoms with Gasteiger partial charge in [0.1, 0.15) is 18.3 Å². The third-order valence-electron chi connectivity index (χ3n) is 7.88. The fourth-order valence-electron chi connectivity index (χ4n) is 5.37. The summed E-state index contributed by atoms with van der Waals surface area (Å²) in [6.45, 7) is 3.33. The molecule has 42 heavy (non-hydrogen) atoms. The number of amides is 2. The van der Waals surface area contributed by atoms with Crippen molar-refractivity contribution in [1.82, 2.24) is 10.2 Å². The smallest absolute Gasteiger partial charge is 0.264 e. The Hall–Kier alpha value is -3.85. The van der Waals surface area contributed by atoms with Crippen LogP contribution in [0.5, 0.6) is 5.75 Å². The second-order valence-electron chi connectivity index (χ2n) is 10.7. The van der Waals surface area contributed by atoms with Gasteiger partial charge in [-0.15, -0.1) is 0 Å². The Morgan fingerprint density at radius 1 is 0.929 bits per heavy atom. The molecule has 1 N–H and O–H groups in total. The molecular weight excluding hydrogens is 550 g/mol. The number of benzene rings is 3. The number of rotatable bonds is 12. The second kappa shape index (κ2) is 14.4. The van der Waals surface area contributed by atoms with E-state index in [9.17, 15) is 18.0 Å². The maximum Gasteiger partial charge on any atom is 0.264 e. The van der Waals surface area contributed by atoms with E-state index >= 15 is 0 Å². The Bertz CT molecular complexity index is 1440. The minimum absolute atomic E-state index is 0.0815. The second-order valence-corrected chi connectivity index (χ2v) is 12.6. The van der Waals surface area contributed by atoms with E-state index in [4.69, 9.17) is 4.74 Å². The van der Waals surface area contributed by atoms with Crippen molar-refractivity contribution in [2.45, 2.75) is 75.9 Å². The van der Waals surface area contributed by atoms with E-state index in [1.807, 2.05) is 31.2 Å². The number of carbonyl (C=O) groups is 2. The lowest BCUT2D eigenvalue weighted by Gasteiger charge is -2.33. The molecule has 3 aromatic rings. The molecule has 1 aliphatic rings. The summed E-state index contributed by atoms with van der Waals surface area (Å²) >= 11 is 0. The zero-order valence-electron chi connectivity index (χ0n) is 24.7. The van der Waals surface area contributed by atoms with Gasteiger partial charge >= 0.3 is 0 Å². The first kappa shape index (κ1) is 31.1. The number of aryl methyl sites for hydroxylation is 1. The van der Waals surface area contributed by atoms with Crippen LogP contribution in [0.15, 0.2) is 83.8 Å². The Kier molecular flexibility index (Phi) is 10.6. The highest BCUT2D eigenvalue weighted by molar-refractivity contribution is 7.92. The SMILES string of the molecule is CCc1ccccc1N(CC(=O)N(Cc1ccc(OC)cc1)[C@@H](C)C(=O)NC1CCCCC1)S(=O)(=O)c1ccccc1. The minimum Gasteiger partial charge on any atom is -0.497 e. The van der Waals surface area contributed by atoms with E-state index in [1.54, 1.807) is 56.5 Å². The lowest BCUT2D eigenvalue weighted by Crippen LogP contribution is -2.53. The van der Waals surface area contributed by atoms with Crippen molar-refractivity contribution in [2.75, 3.05) is 18.0 Å². The summed E-state index contributed by atoms with van der Waals surface area (Å²) in [6.07, 6.45) is 5.72. The molecule has 0 saturated heterocycles. The normalized spacial score (nSPS) is 14.5. The van der Waals surface area contributed by atoms with Crippen LogP contribution in [-0.2, 0) is 32.6 Å². The largest absolute Gasteiger partial charge is 0.497 e. The Morgan fingerprint density at radius 2 is 1.57 bits per heavy atom. The average molecular weight is 592 g/mol. The predicted octanol–water partition coefficient (Wildman–Crippen LogP) is 5.32. The first-order valence-corrected chi connectivity index (χ1v) is 16.1. The van der Waals surface area contributed by atoms with Crippen LogP contribution in [0.1, 0.15) is 57.1 Å². The van der Waals surface area contributed by atoms with Gasteiger partial charge in [0, 0.05) is 12.6 Å². The van der Waals surface area contributed by atoms with E-state index < -0.39 is 28.5 Å². The van der Waals surface area contributed by atoms with Gasteiger partial charge in [-0.3, -0.25) is 13.9 Å². The van der Waals surface area contributed by atoms with Crippen LogP contribution in [0.3, 0.4) is 0 Å². The van der Waals surface area contributed by atoms with Gasteiger partial charge in [0.25, 0.3) is 10.0 Å². The topological polar surface area (TPSA) is 96.0 Å². The molecule has 224 valence electrons. The Balaban J connectivity index is 1.69. The minimum atomic E-state index is -4.10. The standard InChI is InChI=1S/C33H41N3O5S/c1-4-27-13-11-12-18-31(27)36(42(39,40)30-16-9-6-10-17-30)24-32(37)35(23-26-19-21-29(41-3)22-20-26)25(2)33(38)34-28-14-7-5-8-15-28/h6,9-13,16-22,25,28H,4-5,7-8,14-15,23-24H2,1-3H3,(H,34,38)/t25-/m0/s1. The summed E-state index contributed by atoms with van der Waals surface area (Å²) in [6, 6.07) is 21.9. The van der Waals surface area contributed by atoms with E-state index in [-0.39, 0.29) is 23.4 Å². The molecular formula is C33H41N3O5S. The molecule has 1 fully saturated rings. The van der Waals surface area contributed by atoms with Crippen molar-refractivity contribution < 1.29 is 22.7 Å². The van der Waals surface area contributed by atoms with Crippen molar-refractivity contribution in [3.05, 3.63) is 90.0 Å². The number of methoxy groups -OCH3 is 1. The first-order valence-electron chi connectivity index (χ1n) is 14.6. The number of nitrogens with one attached hydrogen (secondary N) is 1. The van der Waals surface area contributed by atoms with Crippen molar-refractivity contribution in [3.8, 4) is 5.75 Å². The highest BCUT2D eigenvalue weighted by Crippen LogP contribution is 2.28. The lowest BCUT2D eigenvalue weighted by molar-refractivity contribution is -0.139. The summed E-state index contributed by atoms with van der Waals surface area (Å²) in [5, 5.41) is 3.13. The fraction of sp³-hybridized carbons (Fsp3) is 0.394. The monoisotopic (exact) mass is 591 g/mol. The average Bonchev–Trinajstić information content (AvgIpc) is 3.03. The van der Waals surface area contributed by atoms with Gasteiger partial charge in [-0.1, -0.05) is 74.7 Å². The number of hydrogen-bond donors (Lipinski definition) is 1. The third-order valence-corrected chi connectivity index (χ3v) is 9.66. The highest BCUT2D eigenvalue weighted by atomic mass is 32.2. The van der Waals surface area contributed by atoms with E-state index in [0.29, 0.717) is 17.9 Å². The molecule has 0 radical (unpaired) electrons. The first-order chi connectivity index (χ1) is 20.2. The van der Waals surface area contributed by atoms with Gasteiger partial charge in [0.05, 0.1) is 17.7 Å². The maximum absolute atomic E-state index is 14.2. The van der Waals surface area contributed by atoms with Crippen LogP contribution in [0.25, 0.3) is 0 Å². The lowest BCUT2D eigenvalue weighted by atomic mass is 9.95. The zero-order chi connectivity index (χ0) is 30.1. The quantitative estimate of drug-likeness (QED) is 0.308. The summed E-state index contributed by atoms with van der Waals surface area (Å²) in [5.41, 5.74) is 2.04. The zero-order valence-corrected chi connectivity index (χ0v) is 25.5. The van der Waals surface area contributed by atoms with Crippen molar-refractivity contribution in [2.24, 2.45) is 0 Å². The number of para-hydroxylation sites is 1. The van der Waals surface area contributed by atoms with Crippen molar-refractivity contribution >= 4 is 27.5 Å².